The van der Waals surface area contributed by atoms with Crippen LogP contribution >= 0.6 is 11.8 Å². The number of rotatable bonds is 4. The van der Waals surface area contributed by atoms with Crippen LogP contribution in [0.2, 0.25) is 0 Å². The largest absolute Gasteiger partial charge is 0.318 e. The van der Waals surface area contributed by atoms with E-state index in [9.17, 15) is 8.42 Å². The molecule has 0 saturated carbocycles. The highest BCUT2D eigenvalue weighted by Gasteiger charge is 2.27. The Bertz CT molecular complexity index is 1030. The molecule has 0 unspecified atom stereocenters. The van der Waals surface area contributed by atoms with E-state index in [0.29, 0.717) is 5.69 Å². The molecule has 4 rings (SSSR count). The van der Waals surface area contributed by atoms with E-state index in [1.807, 2.05) is 32.0 Å². The van der Waals surface area contributed by atoms with Gasteiger partial charge in [0.1, 0.15) is 0 Å². The lowest BCUT2D eigenvalue weighted by atomic mass is 10.1. The van der Waals surface area contributed by atoms with E-state index in [-0.39, 0.29) is 4.90 Å². The molecule has 2 aromatic rings. The van der Waals surface area contributed by atoms with E-state index in [2.05, 4.69) is 20.0 Å². The molecule has 1 N–H and O–H groups in total. The molecule has 0 aromatic heterocycles. The van der Waals surface area contributed by atoms with Crippen molar-refractivity contribution in [1.82, 2.24) is 4.90 Å². The molecule has 0 aliphatic carbocycles. The number of aliphatic imine (C=N–C) groups is 1. The van der Waals surface area contributed by atoms with Crippen molar-refractivity contribution in [3.63, 3.8) is 0 Å². The fourth-order valence-corrected chi connectivity index (χ4v) is 5.06. The van der Waals surface area contributed by atoms with Gasteiger partial charge in [-0.3, -0.25) is 9.71 Å². The number of hydrogen-bond donors (Lipinski definition) is 1. The van der Waals surface area contributed by atoms with Crippen molar-refractivity contribution in [2.45, 2.75) is 18.7 Å². The van der Waals surface area contributed by atoms with Crippen molar-refractivity contribution in [2.75, 3.05) is 17.8 Å². The molecule has 7 heteroatoms. The fraction of sp³-hybridized carbons (Fsp3) is 0.211. The van der Waals surface area contributed by atoms with Crippen molar-refractivity contribution in [3.05, 3.63) is 64.6 Å². The molecular formula is C19H19N3O2S2. The summed E-state index contributed by atoms with van der Waals surface area (Å²) in [6, 6.07) is 12.6. The second-order valence-corrected chi connectivity index (χ2v) is 8.88. The third-order valence-electron chi connectivity index (χ3n) is 4.59. The van der Waals surface area contributed by atoms with Crippen LogP contribution in [0.1, 0.15) is 16.7 Å². The zero-order chi connectivity index (χ0) is 18.3. The van der Waals surface area contributed by atoms with Crippen LogP contribution in [-0.2, 0) is 10.0 Å². The molecule has 2 aromatic carbocycles. The minimum atomic E-state index is -3.60. The van der Waals surface area contributed by atoms with Gasteiger partial charge >= 0.3 is 0 Å². The van der Waals surface area contributed by atoms with Crippen molar-refractivity contribution in [1.29, 1.82) is 0 Å². The number of benzene rings is 2. The Hall–Kier alpha value is -2.25. The summed E-state index contributed by atoms with van der Waals surface area (Å²) >= 11 is 1.63. The summed E-state index contributed by atoms with van der Waals surface area (Å²) < 4.78 is 27.9. The zero-order valence-corrected chi connectivity index (χ0v) is 16.2. The monoisotopic (exact) mass is 385 g/mol. The van der Waals surface area contributed by atoms with Crippen molar-refractivity contribution in [2.24, 2.45) is 4.99 Å². The minimum absolute atomic E-state index is 0.275. The number of sulfonamides is 1. The summed E-state index contributed by atoms with van der Waals surface area (Å²) in [4.78, 5) is 6.92. The first-order valence-corrected chi connectivity index (χ1v) is 10.7. The molecule has 26 heavy (non-hydrogen) atoms. The van der Waals surface area contributed by atoms with E-state index in [0.717, 1.165) is 40.6 Å². The number of hydrogen-bond acceptors (Lipinski definition) is 5. The van der Waals surface area contributed by atoms with Crippen LogP contribution in [0, 0.1) is 13.8 Å². The third kappa shape index (κ3) is 3.12. The molecule has 5 nitrogen and oxygen atoms in total. The summed E-state index contributed by atoms with van der Waals surface area (Å²) in [6.07, 6.45) is 0. The van der Waals surface area contributed by atoms with Gasteiger partial charge in [-0.2, -0.15) is 0 Å². The molecule has 0 bridgehead atoms. The van der Waals surface area contributed by atoms with Crippen molar-refractivity contribution >= 4 is 38.3 Å². The molecule has 2 aliphatic rings. The molecule has 134 valence electrons. The Labute approximate surface area is 157 Å². The SMILES string of the molecule is Cc1ccc(S(=O)(=O)Nc2ccc(C3=CSC4=NCCN34)cc2)cc1C. The Balaban J connectivity index is 1.54. The maximum atomic E-state index is 12.6. The molecule has 2 heterocycles. The number of nitrogens with one attached hydrogen (secondary N) is 1. The lowest BCUT2D eigenvalue weighted by Crippen LogP contribution is -2.19. The van der Waals surface area contributed by atoms with Gasteiger partial charge < -0.3 is 4.90 Å². The van der Waals surface area contributed by atoms with Crippen LogP contribution < -0.4 is 4.72 Å². The van der Waals surface area contributed by atoms with E-state index >= 15 is 0 Å². The minimum Gasteiger partial charge on any atom is -0.318 e. The summed E-state index contributed by atoms with van der Waals surface area (Å²) in [5, 5.41) is 3.13. The topological polar surface area (TPSA) is 61.8 Å². The van der Waals surface area contributed by atoms with Gasteiger partial charge in [-0.05, 0) is 54.8 Å². The predicted molar refractivity (Wildman–Crippen MR) is 108 cm³/mol. The van der Waals surface area contributed by atoms with E-state index < -0.39 is 10.0 Å². The lowest BCUT2D eigenvalue weighted by molar-refractivity contribution is 0.601. The molecule has 0 radical (unpaired) electrons. The number of nitrogens with zero attached hydrogens (tertiary/aromatic N) is 2. The Morgan fingerprint density at radius 3 is 2.58 bits per heavy atom. The first kappa shape index (κ1) is 17.2. The summed E-state index contributed by atoms with van der Waals surface area (Å²) in [5.74, 6) is 0. The Morgan fingerprint density at radius 1 is 1.08 bits per heavy atom. The molecule has 0 fully saturated rings. The van der Waals surface area contributed by atoms with Gasteiger partial charge in [0.05, 0.1) is 17.1 Å². The van der Waals surface area contributed by atoms with Gasteiger partial charge in [-0.1, -0.05) is 30.0 Å². The first-order valence-electron chi connectivity index (χ1n) is 8.33. The van der Waals surface area contributed by atoms with E-state index in [1.165, 1.54) is 0 Å². The maximum Gasteiger partial charge on any atom is 0.261 e. The normalized spacial score (nSPS) is 16.3. The van der Waals surface area contributed by atoms with Crippen molar-refractivity contribution in [3.8, 4) is 0 Å². The summed E-state index contributed by atoms with van der Waals surface area (Å²) in [7, 11) is -3.60. The average Bonchev–Trinajstić information content (AvgIpc) is 3.21. The van der Waals surface area contributed by atoms with Crippen LogP contribution in [0.3, 0.4) is 0 Å². The molecule has 0 spiro atoms. The van der Waals surface area contributed by atoms with Gasteiger partial charge in [0.2, 0.25) is 0 Å². The van der Waals surface area contributed by atoms with Gasteiger partial charge in [0.15, 0.2) is 5.17 Å². The predicted octanol–water partition coefficient (Wildman–Crippen LogP) is 3.82. The highest BCUT2D eigenvalue weighted by Crippen LogP contribution is 2.35. The van der Waals surface area contributed by atoms with Crippen molar-refractivity contribution < 1.29 is 8.42 Å². The van der Waals surface area contributed by atoms with Gasteiger partial charge in [-0.15, -0.1) is 0 Å². The third-order valence-corrected chi connectivity index (χ3v) is 6.87. The summed E-state index contributed by atoms with van der Waals surface area (Å²) in [6.45, 7) is 5.60. The summed E-state index contributed by atoms with van der Waals surface area (Å²) in [5.41, 5.74) is 4.75. The van der Waals surface area contributed by atoms with Gasteiger partial charge in [0, 0.05) is 17.6 Å². The Morgan fingerprint density at radius 2 is 1.85 bits per heavy atom. The number of aryl methyl sites for hydroxylation is 2. The Kier molecular flexibility index (Phi) is 4.28. The van der Waals surface area contributed by atoms with Gasteiger partial charge in [-0.25, -0.2) is 8.42 Å². The smallest absolute Gasteiger partial charge is 0.261 e. The van der Waals surface area contributed by atoms with Crippen LogP contribution in [-0.4, -0.2) is 31.6 Å². The number of fused-ring (bicyclic) bond motifs is 1. The molecule has 2 aliphatic heterocycles. The van der Waals surface area contributed by atoms with E-state index in [4.69, 9.17) is 0 Å². The highest BCUT2D eigenvalue weighted by atomic mass is 32.2. The molecular weight excluding hydrogens is 366 g/mol. The second kappa shape index (κ2) is 6.48. The second-order valence-electron chi connectivity index (χ2n) is 6.37. The molecule has 0 amide bonds. The van der Waals surface area contributed by atoms with E-state index in [1.54, 1.807) is 36.0 Å². The zero-order valence-electron chi connectivity index (χ0n) is 14.6. The molecule has 0 atom stereocenters. The standard InChI is InChI=1S/C19H19N3O2S2/c1-13-3-8-17(11-14(13)2)26(23,24)21-16-6-4-15(5-7-16)18-12-25-19-20-9-10-22(18)19/h3-8,11-12,21H,9-10H2,1-2H3. The van der Waals surface area contributed by atoms with Gasteiger partial charge in [0.25, 0.3) is 10.0 Å². The fourth-order valence-electron chi connectivity index (χ4n) is 2.95. The maximum absolute atomic E-state index is 12.6. The highest BCUT2D eigenvalue weighted by molar-refractivity contribution is 8.16. The number of amidine groups is 1. The average molecular weight is 386 g/mol. The quantitative estimate of drug-likeness (QED) is 0.869. The number of thioether (sulfide) groups is 1. The first-order chi connectivity index (χ1) is 12.4. The van der Waals surface area contributed by atoms with Crippen LogP contribution in [0.25, 0.3) is 5.70 Å². The number of anilines is 1. The van der Waals surface area contributed by atoms with Crippen LogP contribution in [0.4, 0.5) is 5.69 Å². The van der Waals surface area contributed by atoms with Crippen LogP contribution in [0.15, 0.2) is 57.8 Å². The lowest BCUT2D eigenvalue weighted by Gasteiger charge is -2.17. The molecule has 0 saturated heterocycles. The van der Waals surface area contributed by atoms with Crippen LogP contribution in [0.5, 0.6) is 0 Å².